The molecule has 4 atom stereocenters. The van der Waals surface area contributed by atoms with E-state index in [2.05, 4.69) is 33.9 Å². The molecule has 0 unspecified atom stereocenters. The Morgan fingerprint density at radius 1 is 1.12 bits per heavy atom. The van der Waals surface area contributed by atoms with Crippen LogP contribution >= 0.6 is 23.5 Å². The molecule has 2 aliphatic heterocycles. The van der Waals surface area contributed by atoms with E-state index in [0.717, 1.165) is 17.9 Å². The minimum atomic E-state index is -1.93. The van der Waals surface area contributed by atoms with Crippen molar-refractivity contribution in [3.05, 3.63) is 0 Å². The zero-order chi connectivity index (χ0) is 19.4. The van der Waals surface area contributed by atoms with E-state index in [1.54, 1.807) is 0 Å². The Morgan fingerprint density at radius 2 is 1.69 bits per heavy atom. The van der Waals surface area contributed by atoms with Gasteiger partial charge in [-0.2, -0.15) is 0 Å². The van der Waals surface area contributed by atoms with Gasteiger partial charge in [-0.25, -0.2) is 0 Å². The monoisotopic (exact) mass is 420 g/mol. The molecule has 0 bridgehead atoms. The lowest BCUT2D eigenvalue weighted by Crippen LogP contribution is -2.60. The molecule has 0 aromatic carbocycles. The van der Waals surface area contributed by atoms with Crippen LogP contribution in [0.4, 0.5) is 0 Å². The van der Waals surface area contributed by atoms with Gasteiger partial charge in [0.15, 0.2) is 14.1 Å². The number of thioether (sulfide) groups is 2. The summed E-state index contributed by atoms with van der Waals surface area (Å²) in [6.45, 7) is 15.6. The highest BCUT2D eigenvalue weighted by Crippen LogP contribution is 2.58. The molecule has 0 aromatic heterocycles. The molecule has 0 radical (unpaired) electrons. The molecule has 1 spiro atoms. The van der Waals surface area contributed by atoms with Gasteiger partial charge in [0.1, 0.15) is 6.10 Å². The quantitative estimate of drug-likeness (QED) is 0.680. The maximum absolute atomic E-state index is 10.3. The first kappa shape index (κ1) is 21.5. The zero-order valence-corrected chi connectivity index (χ0v) is 20.0. The molecule has 3 rings (SSSR count). The van der Waals surface area contributed by atoms with Gasteiger partial charge in [-0.1, -0.05) is 20.8 Å². The van der Waals surface area contributed by atoms with Crippen LogP contribution in [0.15, 0.2) is 0 Å². The van der Waals surface area contributed by atoms with Crippen LogP contribution in [0.25, 0.3) is 0 Å². The summed E-state index contributed by atoms with van der Waals surface area (Å²) in [5.41, 5.74) is 0. The van der Waals surface area contributed by atoms with E-state index >= 15 is 0 Å². The number of aliphatic hydroxyl groups is 1. The van der Waals surface area contributed by atoms with Crippen molar-refractivity contribution >= 4 is 31.8 Å². The molecule has 1 N–H and O–H groups in total. The van der Waals surface area contributed by atoms with Gasteiger partial charge in [0.05, 0.1) is 22.9 Å². The van der Waals surface area contributed by atoms with Crippen LogP contribution in [0.3, 0.4) is 0 Å². The number of aliphatic hydroxyl groups excluding tert-OH is 1. The van der Waals surface area contributed by atoms with Crippen molar-refractivity contribution in [3.63, 3.8) is 0 Å². The first-order valence-corrected chi connectivity index (χ1v) is 14.7. The average molecular weight is 421 g/mol. The lowest BCUT2D eigenvalue weighted by Gasteiger charge is -2.53. The second-order valence-electron chi connectivity index (χ2n) is 9.84. The van der Waals surface area contributed by atoms with Crippen molar-refractivity contribution < 1.29 is 19.0 Å². The highest BCUT2D eigenvalue weighted by Gasteiger charge is 2.61. The van der Waals surface area contributed by atoms with E-state index in [-0.39, 0.29) is 40.0 Å². The maximum atomic E-state index is 10.3. The van der Waals surface area contributed by atoms with E-state index in [1.807, 2.05) is 37.4 Å². The van der Waals surface area contributed by atoms with Gasteiger partial charge in [-0.15, -0.1) is 23.5 Å². The number of fused-ring (bicyclic) bond motifs is 1. The molecule has 3 aliphatic rings. The number of hydrogen-bond acceptors (Lipinski definition) is 6. The van der Waals surface area contributed by atoms with Gasteiger partial charge < -0.3 is 19.0 Å². The maximum Gasteiger partial charge on any atom is 0.192 e. The topological polar surface area (TPSA) is 47.9 Å². The van der Waals surface area contributed by atoms with E-state index in [9.17, 15) is 5.11 Å². The molecule has 7 heteroatoms. The van der Waals surface area contributed by atoms with Crippen molar-refractivity contribution in [2.75, 3.05) is 18.1 Å². The van der Waals surface area contributed by atoms with Crippen molar-refractivity contribution in [3.8, 4) is 0 Å². The molecule has 0 amide bonds. The fraction of sp³-hybridized carbons (Fsp3) is 1.00. The molecule has 2 heterocycles. The molecule has 2 saturated heterocycles. The minimum absolute atomic E-state index is 0.0228. The van der Waals surface area contributed by atoms with E-state index in [4.69, 9.17) is 13.9 Å². The lowest BCUT2D eigenvalue weighted by molar-refractivity contribution is -0.154. The van der Waals surface area contributed by atoms with Crippen molar-refractivity contribution in [2.24, 2.45) is 5.92 Å². The number of rotatable bonds is 3. The predicted molar refractivity (Wildman–Crippen MR) is 113 cm³/mol. The Morgan fingerprint density at radius 3 is 2.23 bits per heavy atom. The predicted octanol–water partition coefficient (Wildman–Crippen LogP) is 4.48. The van der Waals surface area contributed by atoms with Crippen LogP contribution in [0.2, 0.25) is 18.1 Å². The Hall–Kier alpha value is 0.757. The van der Waals surface area contributed by atoms with E-state index in [1.165, 1.54) is 6.42 Å². The summed E-state index contributed by atoms with van der Waals surface area (Å²) >= 11 is 4.02. The number of ether oxygens (including phenoxy) is 2. The third kappa shape index (κ3) is 3.91. The van der Waals surface area contributed by atoms with Crippen LogP contribution in [0.5, 0.6) is 0 Å². The molecule has 1 saturated carbocycles. The van der Waals surface area contributed by atoms with Gasteiger partial charge in [0.2, 0.25) is 0 Å². The SMILES string of the molecule is CC1(C)O[C@H]2[C@H](O1)[C@@H](CO)C1(C[C@@H]2O[Si](C)(C)C(C)(C)C)SCCCS1. The van der Waals surface area contributed by atoms with Gasteiger partial charge in [0, 0.05) is 5.92 Å². The van der Waals surface area contributed by atoms with Crippen LogP contribution < -0.4 is 0 Å². The molecule has 3 fully saturated rings. The van der Waals surface area contributed by atoms with Crippen molar-refractivity contribution in [1.82, 2.24) is 0 Å². The Balaban J connectivity index is 1.93. The fourth-order valence-corrected chi connectivity index (χ4v) is 9.07. The summed E-state index contributed by atoms with van der Waals surface area (Å²) in [5.74, 6) is 1.77. The van der Waals surface area contributed by atoms with E-state index in [0.29, 0.717) is 0 Å². The summed E-state index contributed by atoms with van der Waals surface area (Å²) in [5, 5.41) is 10.4. The Kier molecular flexibility index (Phi) is 5.96. The summed E-state index contributed by atoms with van der Waals surface area (Å²) in [7, 11) is -1.93. The van der Waals surface area contributed by atoms with Crippen LogP contribution in [-0.2, 0) is 13.9 Å². The second kappa shape index (κ2) is 7.22. The fourth-order valence-electron chi connectivity index (χ4n) is 4.04. The molecule has 4 nitrogen and oxygen atoms in total. The number of hydrogen-bond donors (Lipinski definition) is 1. The Labute approximate surface area is 168 Å². The zero-order valence-electron chi connectivity index (χ0n) is 17.3. The standard InChI is InChI=1S/C19H36O4S2Si/c1-17(2,3)26(6,7)23-14-11-19(24-9-8-10-25-19)13(12-20)15-16(14)22-18(4,5)21-15/h13-16,20H,8-12H2,1-7H3/t13-,14+,15-,16-/m1/s1. The third-order valence-corrected chi connectivity index (χ3v) is 14.5. The third-order valence-electron chi connectivity index (χ3n) is 6.41. The average Bonchev–Trinajstić information content (AvgIpc) is 2.82. The second-order valence-corrected chi connectivity index (χ2v) is 17.7. The Bertz CT molecular complexity index is 514. The normalized spacial score (nSPS) is 36.9. The molecule has 0 aromatic rings. The molecule has 1 aliphatic carbocycles. The smallest absolute Gasteiger partial charge is 0.192 e. The van der Waals surface area contributed by atoms with Crippen LogP contribution in [-0.4, -0.2) is 59.7 Å². The van der Waals surface area contributed by atoms with Crippen LogP contribution in [0, 0.1) is 5.92 Å². The summed E-state index contributed by atoms with van der Waals surface area (Å²) < 4.78 is 19.5. The minimum Gasteiger partial charge on any atom is -0.411 e. The van der Waals surface area contributed by atoms with Crippen molar-refractivity contribution in [1.29, 1.82) is 0 Å². The largest absolute Gasteiger partial charge is 0.411 e. The van der Waals surface area contributed by atoms with Gasteiger partial charge in [0.25, 0.3) is 0 Å². The molecule has 26 heavy (non-hydrogen) atoms. The molecular weight excluding hydrogens is 384 g/mol. The first-order valence-electron chi connectivity index (χ1n) is 9.83. The lowest BCUT2D eigenvalue weighted by atomic mass is 9.82. The van der Waals surface area contributed by atoms with Gasteiger partial charge in [-0.3, -0.25) is 0 Å². The van der Waals surface area contributed by atoms with Gasteiger partial charge in [-0.05, 0) is 56.3 Å². The molecular formula is C19H36O4S2Si. The highest BCUT2D eigenvalue weighted by atomic mass is 32.2. The van der Waals surface area contributed by atoms with E-state index < -0.39 is 14.1 Å². The first-order chi connectivity index (χ1) is 11.9. The summed E-state index contributed by atoms with van der Waals surface area (Å²) in [6.07, 6.45) is 2.01. The summed E-state index contributed by atoms with van der Waals surface area (Å²) in [6, 6.07) is 0. The highest BCUT2D eigenvalue weighted by molar-refractivity contribution is 8.18. The summed E-state index contributed by atoms with van der Waals surface area (Å²) in [4.78, 5) is 0. The van der Waals surface area contributed by atoms with Gasteiger partial charge >= 0.3 is 0 Å². The van der Waals surface area contributed by atoms with Crippen molar-refractivity contribution in [2.45, 2.75) is 93.8 Å². The molecule has 152 valence electrons. The van der Waals surface area contributed by atoms with Crippen LogP contribution in [0.1, 0.15) is 47.5 Å².